The van der Waals surface area contributed by atoms with Crippen LogP contribution in [0.4, 0.5) is 11.5 Å². The van der Waals surface area contributed by atoms with Gasteiger partial charge >= 0.3 is 0 Å². The quantitative estimate of drug-likeness (QED) is 0.759. The summed E-state index contributed by atoms with van der Waals surface area (Å²) < 4.78 is 2.11. The molecule has 0 spiro atoms. The van der Waals surface area contributed by atoms with Gasteiger partial charge in [-0.05, 0) is 33.3 Å². The van der Waals surface area contributed by atoms with E-state index in [0.717, 1.165) is 24.3 Å². The van der Waals surface area contributed by atoms with E-state index in [1.165, 1.54) is 0 Å². The van der Waals surface area contributed by atoms with Crippen LogP contribution in [0.2, 0.25) is 0 Å². The van der Waals surface area contributed by atoms with Gasteiger partial charge in [0.05, 0.1) is 5.69 Å². The van der Waals surface area contributed by atoms with Gasteiger partial charge in [-0.3, -0.25) is 0 Å². The zero-order valence-corrected chi connectivity index (χ0v) is 10.1. The summed E-state index contributed by atoms with van der Waals surface area (Å²) in [6, 6.07) is 1.91. The van der Waals surface area contributed by atoms with E-state index in [1.807, 2.05) is 18.5 Å². The number of nitrogens with zero attached hydrogens (tertiary/aromatic N) is 2. The standard InChI is InChI=1S/C12H21N3/c1-5-6-8-14-11-10(13)7-9-15(11)12(2,3)4/h7-9H,5-6,13H2,1-4H3/b14-8-. The van der Waals surface area contributed by atoms with Gasteiger partial charge in [0.15, 0.2) is 5.82 Å². The predicted molar refractivity (Wildman–Crippen MR) is 66.9 cm³/mol. The monoisotopic (exact) mass is 207 g/mol. The fourth-order valence-corrected chi connectivity index (χ4v) is 1.40. The van der Waals surface area contributed by atoms with Crippen LogP contribution in [0.3, 0.4) is 0 Å². The lowest BCUT2D eigenvalue weighted by molar-refractivity contribution is 0.402. The Balaban J connectivity index is 3.00. The van der Waals surface area contributed by atoms with Crippen molar-refractivity contribution in [2.24, 2.45) is 4.99 Å². The van der Waals surface area contributed by atoms with Crippen molar-refractivity contribution in [3.05, 3.63) is 12.3 Å². The second-order valence-corrected chi connectivity index (χ2v) is 4.74. The van der Waals surface area contributed by atoms with E-state index in [2.05, 4.69) is 37.3 Å². The van der Waals surface area contributed by atoms with Crippen LogP contribution in [0.5, 0.6) is 0 Å². The molecule has 0 fully saturated rings. The highest BCUT2D eigenvalue weighted by atomic mass is 15.1. The molecule has 1 aromatic rings. The number of hydrogen-bond donors (Lipinski definition) is 1. The molecule has 0 radical (unpaired) electrons. The highest BCUT2D eigenvalue weighted by Gasteiger charge is 2.17. The van der Waals surface area contributed by atoms with Crippen LogP contribution in [0.1, 0.15) is 40.5 Å². The predicted octanol–water partition coefficient (Wildman–Crippen LogP) is 3.33. The Bertz CT molecular complexity index is 342. The molecule has 1 aromatic heterocycles. The molecular formula is C12H21N3. The van der Waals surface area contributed by atoms with E-state index in [9.17, 15) is 0 Å². The van der Waals surface area contributed by atoms with Crippen molar-refractivity contribution in [1.29, 1.82) is 0 Å². The van der Waals surface area contributed by atoms with Gasteiger partial charge in [-0.25, -0.2) is 4.99 Å². The van der Waals surface area contributed by atoms with Crippen LogP contribution >= 0.6 is 0 Å². The summed E-state index contributed by atoms with van der Waals surface area (Å²) in [6.07, 6.45) is 6.04. The van der Waals surface area contributed by atoms with Gasteiger partial charge in [0.2, 0.25) is 0 Å². The van der Waals surface area contributed by atoms with Crippen LogP contribution in [-0.2, 0) is 5.54 Å². The van der Waals surface area contributed by atoms with Gasteiger partial charge in [-0.2, -0.15) is 0 Å². The molecule has 0 unspecified atom stereocenters. The Morgan fingerprint density at radius 1 is 1.47 bits per heavy atom. The van der Waals surface area contributed by atoms with Gasteiger partial charge < -0.3 is 10.3 Å². The van der Waals surface area contributed by atoms with Crippen LogP contribution in [0.25, 0.3) is 0 Å². The van der Waals surface area contributed by atoms with E-state index >= 15 is 0 Å². The van der Waals surface area contributed by atoms with Gasteiger partial charge in [0.25, 0.3) is 0 Å². The highest BCUT2D eigenvalue weighted by Crippen LogP contribution is 2.29. The molecule has 84 valence electrons. The molecule has 3 nitrogen and oxygen atoms in total. The van der Waals surface area contributed by atoms with Crippen LogP contribution in [-0.4, -0.2) is 10.8 Å². The summed E-state index contributed by atoms with van der Waals surface area (Å²) in [4.78, 5) is 4.43. The van der Waals surface area contributed by atoms with Gasteiger partial charge in [0.1, 0.15) is 0 Å². The lowest BCUT2D eigenvalue weighted by Gasteiger charge is -2.22. The number of aliphatic imine (C=N–C) groups is 1. The number of nitrogens with two attached hydrogens (primary N) is 1. The van der Waals surface area contributed by atoms with Gasteiger partial charge in [0, 0.05) is 18.0 Å². The van der Waals surface area contributed by atoms with Crippen LogP contribution in [0, 0.1) is 0 Å². The Kier molecular flexibility index (Phi) is 3.56. The van der Waals surface area contributed by atoms with E-state index in [1.54, 1.807) is 0 Å². The zero-order chi connectivity index (χ0) is 11.5. The third-order valence-corrected chi connectivity index (χ3v) is 2.24. The van der Waals surface area contributed by atoms with Gasteiger partial charge in [-0.15, -0.1) is 0 Å². The Hall–Kier alpha value is -1.25. The first-order valence-electron chi connectivity index (χ1n) is 5.46. The lowest BCUT2D eigenvalue weighted by atomic mass is 10.1. The minimum atomic E-state index is 0.0243. The first kappa shape index (κ1) is 11.8. The second-order valence-electron chi connectivity index (χ2n) is 4.74. The minimum Gasteiger partial charge on any atom is -0.396 e. The molecule has 0 aliphatic carbocycles. The van der Waals surface area contributed by atoms with Crippen molar-refractivity contribution in [3.63, 3.8) is 0 Å². The van der Waals surface area contributed by atoms with Crippen molar-refractivity contribution >= 4 is 17.7 Å². The number of hydrogen-bond acceptors (Lipinski definition) is 2. The molecule has 0 amide bonds. The fourth-order valence-electron chi connectivity index (χ4n) is 1.40. The Morgan fingerprint density at radius 3 is 2.67 bits per heavy atom. The molecule has 0 saturated heterocycles. The molecule has 1 heterocycles. The topological polar surface area (TPSA) is 43.3 Å². The maximum atomic E-state index is 5.89. The smallest absolute Gasteiger partial charge is 0.155 e. The first-order valence-corrected chi connectivity index (χ1v) is 5.46. The average Bonchev–Trinajstić information content (AvgIpc) is 2.48. The molecule has 15 heavy (non-hydrogen) atoms. The van der Waals surface area contributed by atoms with E-state index in [4.69, 9.17) is 5.73 Å². The zero-order valence-electron chi connectivity index (χ0n) is 10.1. The number of rotatable bonds is 3. The average molecular weight is 207 g/mol. The molecule has 0 aliphatic rings. The van der Waals surface area contributed by atoms with Crippen molar-refractivity contribution in [2.75, 3.05) is 5.73 Å². The maximum Gasteiger partial charge on any atom is 0.155 e. The summed E-state index contributed by atoms with van der Waals surface area (Å²) >= 11 is 0. The summed E-state index contributed by atoms with van der Waals surface area (Å²) in [7, 11) is 0. The summed E-state index contributed by atoms with van der Waals surface area (Å²) in [5.41, 5.74) is 6.66. The third kappa shape index (κ3) is 2.85. The SMILES string of the molecule is CCC/C=N\c1c(N)ccn1C(C)(C)C. The largest absolute Gasteiger partial charge is 0.396 e. The summed E-state index contributed by atoms with van der Waals surface area (Å²) in [5, 5.41) is 0. The Labute approximate surface area is 92.0 Å². The molecular weight excluding hydrogens is 186 g/mol. The molecule has 0 bridgehead atoms. The number of unbranched alkanes of at least 4 members (excludes halogenated alkanes) is 1. The van der Waals surface area contributed by atoms with Crippen LogP contribution < -0.4 is 5.73 Å². The van der Waals surface area contributed by atoms with Crippen molar-refractivity contribution in [2.45, 2.75) is 46.1 Å². The molecule has 2 N–H and O–H groups in total. The Morgan fingerprint density at radius 2 is 2.13 bits per heavy atom. The van der Waals surface area contributed by atoms with E-state index < -0.39 is 0 Å². The van der Waals surface area contributed by atoms with Gasteiger partial charge in [-0.1, -0.05) is 13.3 Å². The molecule has 1 rings (SSSR count). The number of anilines is 1. The second kappa shape index (κ2) is 4.51. The summed E-state index contributed by atoms with van der Waals surface area (Å²) in [6.45, 7) is 8.57. The lowest BCUT2D eigenvalue weighted by Crippen LogP contribution is -2.20. The first-order chi connectivity index (χ1) is 6.96. The number of aromatic nitrogens is 1. The molecule has 0 aliphatic heterocycles. The number of nitrogen functional groups attached to an aromatic ring is 1. The summed E-state index contributed by atoms with van der Waals surface area (Å²) in [5.74, 6) is 0.871. The normalized spacial score (nSPS) is 12.5. The molecule has 0 aromatic carbocycles. The van der Waals surface area contributed by atoms with Crippen LogP contribution in [0.15, 0.2) is 17.3 Å². The highest BCUT2D eigenvalue weighted by molar-refractivity contribution is 5.69. The van der Waals surface area contributed by atoms with E-state index in [0.29, 0.717) is 0 Å². The van der Waals surface area contributed by atoms with Crippen molar-refractivity contribution < 1.29 is 0 Å². The molecule has 3 heteroatoms. The molecule has 0 saturated carbocycles. The molecule has 0 atom stereocenters. The third-order valence-electron chi connectivity index (χ3n) is 2.24. The minimum absolute atomic E-state index is 0.0243. The van der Waals surface area contributed by atoms with Crippen molar-refractivity contribution in [3.8, 4) is 0 Å². The fraction of sp³-hybridized carbons (Fsp3) is 0.583. The van der Waals surface area contributed by atoms with E-state index in [-0.39, 0.29) is 5.54 Å². The maximum absolute atomic E-state index is 5.89. The van der Waals surface area contributed by atoms with Crippen molar-refractivity contribution in [1.82, 2.24) is 4.57 Å².